The first-order valence-electron chi connectivity index (χ1n) is 9.53. The minimum Gasteiger partial charge on any atom is -0.496 e. The zero-order valence-corrected chi connectivity index (χ0v) is 15.9. The Kier molecular flexibility index (Phi) is 5.48. The molecule has 146 valence electrons. The number of nitrogens with one attached hydrogen (secondary N) is 2. The van der Waals surface area contributed by atoms with Crippen molar-refractivity contribution in [2.75, 3.05) is 26.7 Å². The molecule has 3 heterocycles. The van der Waals surface area contributed by atoms with E-state index in [2.05, 4.69) is 20.6 Å². The summed E-state index contributed by atoms with van der Waals surface area (Å²) in [4.78, 5) is 21.3. The van der Waals surface area contributed by atoms with Crippen molar-refractivity contribution in [2.24, 2.45) is 0 Å². The summed E-state index contributed by atoms with van der Waals surface area (Å²) in [5, 5.41) is 11.1. The summed E-state index contributed by atoms with van der Waals surface area (Å²) >= 11 is 0. The predicted molar refractivity (Wildman–Crippen MR) is 105 cm³/mol. The Balaban J connectivity index is 1.41. The molecular weight excluding hydrogens is 356 g/mol. The lowest BCUT2D eigenvalue weighted by Crippen LogP contribution is -2.29. The molecule has 4 rings (SSSR count). The Morgan fingerprint density at radius 3 is 3.00 bits per heavy atom. The van der Waals surface area contributed by atoms with Crippen molar-refractivity contribution >= 4 is 17.1 Å². The van der Waals surface area contributed by atoms with Gasteiger partial charge in [0.05, 0.1) is 25.8 Å². The first-order valence-corrected chi connectivity index (χ1v) is 9.53. The Morgan fingerprint density at radius 2 is 2.18 bits per heavy atom. The summed E-state index contributed by atoms with van der Waals surface area (Å²) in [6.07, 6.45) is 4.72. The van der Waals surface area contributed by atoms with Crippen LogP contribution in [0, 0.1) is 0 Å². The molecule has 28 heavy (non-hydrogen) atoms. The Morgan fingerprint density at radius 1 is 1.32 bits per heavy atom. The fourth-order valence-corrected chi connectivity index (χ4v) is 3.63. The molecule has 1 aliphatic heterocycles. The molecule has 0 saturated carbocycles. The molecule has 1 aromatic carbocycles. The van der Waals surface area contributed by atoms with Crippen molar-refractivity contribution in [3.63, 3.8) is 0 Å². The van der Waals surface area contributed by atoms with Gasteiger partial charge in [-0.05, 0) is 19.0 Å². The number of para-hydroxylation sites is 1. The van der Waals surface area contributed by atoms with E-state index in [4.69, 9.17) is 9.84 Å². The highest BCUT2D eigenvalue weighted by Crippen LogP contribution is 2.26. The molecule has 2 aromatic heterocycles. The third kappa shape index (κ3) is 3.82. The van der Waals surface area contributed by atoms with Crippen LogP contribution in [0.1, 0.15) is 23.6 Å². The Hall–Kier alpha value is -3.00. The Labute approximate surface area is 163 Å². The summed E-state index contributed by atoms with van der Waals surface area (Å²) in [7, 11) is 1.61. The van der Waals surface area contributed by atoms with E-state index in [9.17, 15) is 4.79 Å². The largest absolute Gasteiger partial charge is 0.496 e. The molecule has 2 N–H and O–H groups in total. The van der Waals surface area contributed by atoms with Gasteiger partial charge in [0.25, 0.3) is 0 Å². The van der Waals surface area contributed by atoms with Crippen molar-refractivity contribution in [3.05, 3.63) is 47.9 Å². The third-order valence-electron chi connectivity index (χ3n) is 5.03. The molecule has 0 bridgehead atoms. The summed E-state index contributed by atoms with van der Waals surface area (Å²) in [6.45, 7) is 2.94. The summed E-state index contributed by atoms with van der Waals surface area (Å²) < 4.78 is 7.15. The van der Waals surface area contributed by atoms with Gasteiger partial charge in [0, 0.05) is 37.0 Å². The van der Waals surface area contributed by atoms with Gasteiger partial charge in [0.2, 0.25) is 5.91 Å². The first-order chi connectivity index (χ1) is 13.8. The van der Waals surface area contributed by atoms with E-state index in [-0.39, 0.29) is 12.3 Å². The van der Waals surface area contributed by atoms with Crippen LogP contribution in [-0.2, 0) is 17.8 Å². The SMILES string of the molecule is COc1ccccc1CC(=O)NCCn1nc([C@H]2CCNC2)c2nccnc21. The van der Waals surface area contributed by atoms with Crippen LogP contribution in [0.25, 0.3) is 11.2 Å². The molecule has 1 aliphatic rings. The third-order valence-corrected chi connectivity index (χ3v) is 5.03. The van der Waals surface area contributed by atoms with Gasteiger partial charge in [-0.1, -0.05) is 18.2 Å². The smallest absolute Gasteiger partial charge is 0.224 e. The van der Waals surface area contributed by atoms with Crippen LogP contribution in [0.3, 0.4) is 0 Å². The van der Waals surface area contributed by atoms with Gasteiger partial charge in [-0.25, -0.2) is 14.6 Å². The van der Waals surface area contributed by atoms with E-state index < -0.39 is 0 Å². The molecule has 1 fully saturated rings. The number of fused-ring (bicyclic) bond motifs is 1. The second-order valence-corrected chi connectivity index (χ2v) is 6.87. The fourth-order valence-electron chi connectivity index (χ4n) is 3.63. The van der Waals surface area contributed by atoms with Crippen molar-refractivity contribution < 1.29 is 9.53 Å². The highest BCUT2D eigenvalue weighted by atomic mass is 16.5. The Bertz CT molecular complexity index is 964. The number of aromatic nitrogens is 4. The van der Waals surface area contributed by atoms with E-state index in [0.29, 0.717) is 19.0 Å². The zero-order chi connectivity index (χ0) is 19.3. The lowest BCUT2D eigenvalue weighted by molar-refractivity contribution is -0.120. The topological polar surface area (TPSA) is 94.0 Å². The molecule has 0 spiro atoms. The van der Waals surface area contributed by atoms with E-state index in [1.165, 1.54) is 0 Å². The van der Waals surface area contributed by atoms with Crippen LogP contribution in [0.2, 0.25) is 0 Å². The van der Waals surface area contributed by atoms with E-state index in [1.54, 1.807) is 19.5 Å². The standard InChI is InChI=1S/C20H24N6O2/c1-28-16-5-3-2-4-14(16)12-17(27)22-10-11-26-20-19(23-8-9-24-20)18(25-26)15-6-7-21-13-15/h2-5,8-9,15,21H,6-7,10-13H2,1H3,(H,22,27)/t15-/m0/s1. The number of carbonyl (C=O) groups excluding carboxylic acids is 1. The monoisotopic (exact) mass is 380 g/mol. The van der Waals surface area contributed by atoms with Gasteiger partial charge in [-0.2, -0.15) is 5.10 Å². The van der Waals surface area contributed by atoms with Crippen molar-refractivity contribution in [3.8, 4) is 5.75 Å². The van der Waals surface area contributed by atoms with Crippen LogP contribution >= 0.6 is 0 Å². The van der Waals surface area contributed by atoms with E-state index in [1.807, 2.05) is 28.9 Å². The summed E-state index contributed by atoms with van der Waals surface area (Å²) in [5.41, 5.74) is 3.49. The molecule has 1 saturated heterocycles. The average Bonchev–Trinajstić information content (AvgIpc) is 3.37. The number of amides is 1. The number of nitrogens with zero attached hydrogens (tertiary/aromatic N) is 4. The molecule has 0 aliphatic carbocycles. The van der Waals surface area contributed by atoms with Gasteiger partial charge in [-0.3, -0.25) is 4.79 Å². The van der Waals surface area contributed by atoms with Gasteiger partial charge < -0.3 is 15.4 Å². The number of ether oxygens (including phenoxy) is 1. The molecule has 0 unspecified atom stereocenters. The molecule has 1 atom stereocenters. The number of hydrogen-bond donors (Lipinski definition) is 2. The van der Waals surface area contributed by atoms with Crippen LogP contribution in [0.4, 0.5) is 0 Å². The molecule has 0 radical (unpaired) electrons. The zero-order valence-electron chi connectivity index (χ0n) is 15.9. The van der Waals surface area contributed by atoms with Gasteiger partial charge in [0.1, 0.15) is 11.3 Å². The number of methoxy groups -OCH3 is 1. The number of benzene rings is 1. The molecule has 8 nitrogen and oxygen atoms in total. The lowest BCUT2D eigenvalue weighted by Gasteiger charge is -2.09. The van der Waals surface area contributed by atoms with Crippen LogP contribution in [0.15, 0.2) is 36.7 Å². The minimum absolute atomic E-state index is 0.0488. The second-order valence-electron chi connectivity index (χ2n) is 6.87. The van der Waals surface area contributed by atoms with E-state index >= 15 is 0 Å². The number of carbonyl (C=O) groups is 1. The van der Waals surface area contributed by atoms with E-state index in [0.717, 1.165) is 47.7 Å². The quantitative estimate of drug-likeness (QED) is 0.641. The van der Waals surface area contributed by atoms with Gasteiger partial charge in [-0.15, -0.1) is 0 Å². The highest BCUT2D eigenvalue weighted by Gasteiger charge is 2.24. The van der Waals surface area contributed by atoms with Crippen LogP contribution in [0.5, 0.6) is 5.75 Å². The van der Waals surface area contributed by atoms with Gasteiger partial charge in [0.15, 0.2) is 5.65 Å². The maximum atomic E-state index is 12.3. The number of hydrogen-bond acceptors (Lipinski definition) is 6. The maximum absolute atomic E-state index is 12.3. The average molecular weight is 380 g/mol. The fraction of sp³-hybridized carbons (Fsp3) is 0.400. The van der Waals surface area contributed by atoms with Crippen molar-refractivity contribution in [1.29, 1.82) is 0 Å². The molecule has 3 aromatic rings. The lowest BCUT2D eigenvalue weighted by atomic mass is 10.0. The minimum atomic E-state index is -0.0488. The predicted octanol–water partition coefficient (Wildman–Crippen LogP) is 1.27. The van der Waals surface area contributed by atoms with Crippen LogP contribution in [-0.4, -0.2) is 52.4 Å². The summed E-state index contributed by atoms with van der Waals surface area (Å²) in [6, 6.07) is 7.55. The van der Waals surface area contributed by atoms with Gasteiger partial charge >= 0.3 is 0 Å². The molecular formula is C20H24N6O2. The molecule has 1 amide bonds. The normalized spacial score (nSPS) is 16.4. The second kappa shape index (κ2) is 8.35. The first kappa shape index (κ1) is 18.4. The summed E-state index contributed by atoms with van der Waals surface area (Å²) in [5.74, 6) is 1.04. The molecule has 8 heteroatoms. The maximum Gasteiger partial charge on any atom is 0.224 e. The van der Waals surface area contributed by atoms with Crippen LogP contribution < -0.4 is 15.4 Å². The van der Waals surface area contributed by atoms with Crippen molar-refractivity contribution in [1.82, 2.24) is 30.4 Å². The number of rotatable bonds is 7. The highest BCUT2D eigenvalue weighted by molar-refractivity contribution is 5.79. The van der Waals surface area contributed by atoms with Crippen molar-refractivity contribution in [2.45, 2.75) is 25.3 Å².